The van der Waals surface area contributed by atoms with Crippen molar-refractivity contribution in [2.45, 2.75) is 0 Å². The average Bonchev–Trinajstić information content (AvgIpc) is 3.81. The summed E-state index contributed by atoms with van der Waals surface area (Å²) in [5.74, 6) is 1.89. The maximum absolute atomic E-state index is 5.26. The number of hydrogen-bond acceptors (Lipinski definition) is 3. The highest BCUT2D eigenvalue weighted by Gasteiger charge is 2.23. The average molecular weight is 716 g/mol. The van der Waals surface area contributed by atoms with E-state index in [2.05, 4.69) is 185 Å². The van der Waals surface area contributed by atoms with Crippen LogP contribution in [0.5, 0.6) is 0 Å². The molecule has 262 valence electrons. The van der Waals surface area contributed by atoms with E-state index in [1.165, 1.54) is 27.4 Å². The fourth-order valence-electron chi connectivity index (χ4n) is 8.28. The number of para-hydroxylation sites is 4. The first-order valence-corrected chi connectivity index (χ1v) is 18.9. The Morgan fingerprint density at radius 1 is 0.304 bits per heavy atom. The molecule has 0 radical (unpaired) electrons. The Bertz CT molecular complexity index is 3170. The van der Waals surface area contributed by atoms with Crippen LogP contribution < -0.4 is 0 Å². The van der Waals surface area contributed by atoms with Crippen molar-refractivity contribution in [1.29, 1.82) is 0 Å². The summed E-state index contributed by atoms with van der Waals surface area (Å²) in [6, 6.07) is 70.3. The minimum atomic E-state index is 0.626. The second-order valence-electron chi connectivity index (χ2n) is 14.0. The first-order valence-electron chi connectivity index (χ1n) is 18.9. The van der Waals surface area contributed by atoms with Gasteiger partial charge in [-0.15, -0.1) is 0 Å². The van der Waals surface area contributed by atoms with Crippen LogP contribution in [0.15, 0.2) is 200 Å². The zero-order valence-corrected chi connectivity index (χ0v) is 30.3. The van der Waals surface area contributed by atoms with Gasteiger partial charge < -0.3 is 9.13 Å². The van der Waals surface area contributed by atoms with Crippen LogP contribution in [-0.2, 0) is 0 Å². The van der Waals surface area contributed by atoms with Crippen molar-refractivity contribution in [2.24, 2.45) is 0 Å². The molecule has 0 aliphatic carbocycles. The van der Waals surface area contributed by atoms with Gasteiger partial charge in [0.25, 0.3) is 0 Å². The van der Waals surface area contributed by atoms with Crippen LogP contribution in [0.2, 0.25) is 0 Å². The molecule has 0 fully saturated rings. The lowest BCUT2D eigenvalue weighted by Gasteiger charge is -2.14. The molecule has 5 nitrogen and oxygen atoms in total. The highest BCUT2D eigenvalue weighted by molar-refractivity contribution is 6.18. The third-order valence-corrected chi connectivity index (χ3v) is 10.8. The molecule has 8 aromatic carbocycles. The van der Waals surface area contributed by atoms with Crippen LogP contribution in [0, 0.1) is 0 Å². The Kier molecular flexibility index (Phi) is 7.42. The van der Waals surface area contributed by atoms with Gasteiger partial charge in [0, 0.05) is 43.9 Å². The van der Waals surface area contributed by atoms with Crippen molar-refractivity contribution in [3.63, 3.8) is 0 Å². The number of rotatable bonds is 6. The minimum Gasteiger partial charge on any atom is -0.307 e. The monoisotopic (exact) mass is 715 g/mol. The lowest BCUT2D eigenvalue weighted by Crippen LogP contribution is -2.01. The van der Waals surface area contributed by atoms with Gasteiger partial charge in [0.15, 0.2) is 17.5 Å². The molecule has 0 amide bonds. The van der Waals surface area contributed by atoms with Crippen LogP contribution in [0.3, 0.4) is 0 Å². The highest BCUT2D eigenvalue weighted by atomic mass is 15.1. The predicted octanol–water partition coefficient (Wildman–Crippen LogP) is 12.7. The Hall–Kier alpha value is -7.63. The van der Waals surface area contributed by atoms with Gasteiger partial charge in [-0.1, -0.05) is 164 Å². The van der Waals surface area contributed by atoms with E-state index in [9.17, 15) is 0 Å². The van der Waals surface area contributed by atoms with Gasteiger partial charge in [-0.05, 0) is 47.5 Å². The van der Waals surface area contributed by atoms with Crippen LogP contribution in [0.25, 0.3) is 100 Å². The minimum absolute atomic E-state index is 0.626. The van der Waals surface area contributed by atoms with Gasteiger partial charge in [-0.2, -0.15) is 0 Å². The molecule has 0 aliphatic rings. The quantitative estimate of drug-likeness (QED) is 0.172. The Balaban J connectivity index is 1.20. The fourth-order valence-corrected chi connectivity index (χ4v) is 8.28. The molecule has 11 rings (SSSR count). The van der Waals surface area contributed by atoms with Crippen molar-refractivity contribution < 1.29 is 0 Å². The molecule has 0 saturated carbocycles. The molecule has 56 heavy (non-hydrogen) atoms. The third kappa shape index (κ3) is 5.13. The molecule has 5 heteroatoms. The van der Waals surface area contributed by atoms with Crippen molar-refractivity contribution in [2.75, 3.05) is 0 Å². The Morgan fingerprint density at radius 2 is 0.768 bits per heavy atom. The van der Waals surface area contributed by atoms with Gasteiger partial charge in [0.1, 0.15) is 0 Å². The molecule has 11 aromatic rings. The molecule has 3 aromatic heterocycles. The van der Waals surface area contributed by atoms with E-state index in [1.807, 2.05) is 24.3 Å². The Labute approximate surface area is 323 Å². The zero-order valence-electron chi connectivity index (χ0n) is 30.3. The number of benzene rings is 8. The standard InChI is InChI=1S/C51H33N5/c1-4-16-34(17-5-1)35-30-32-37(33-31-35)50-52-49(36-18-6-2-7-19-36)53-51(54-50)42-25-15-28-45-47(42)41-24-14-29-46(48(41)55(45)38-20-8-3-9-21-38)56-43-26-12-10-22-39(43)40-23-11-13-27-44(40)56/h1-33H. The van der Waals surface area contributed by atoms with Crippen molar-refractivity contribution in [1.82, 2.24) is 24.1 Å². The molecule has 0 bridgehead atoms. The van der Waals surface area contributed by atoms with Gasteiger partial charge in [0.05, 0.1) is 27.8 Å². The Morgan fingerprint density at radius 3 is 1.43 bits per heavy atom. The summed E-state index contributed by atoms with van der Waals surface area (Å²) in [6.07, 6.45) is 0. The van der Waals surface area contributed by atoms with Crippen molar-refractivity contribution in [3.05, 3.63) is 200 Å². The molecule has 0 atom stereocenters. The maximum atomic E-state index is 5.26. The summed E-state index contributed by atoms with van der Waals surface area (Å²) in [7, 11) is 0. The summed E-state index contributed by atoms with van der Waals surface area (Å²) < 4.78 is 4.81. The smallest absolute Gasteiger partial charge is 0.164 e. The summed E-state index contributed by atoms with van der Waals surface area (Å²) in [6.45, 7) is 0. The van der Waals surface area contributed by atoms with Gasteiger partial charge >= 0.3 is 0 Å². The molecular weight excluding hydrogens is 683 g/mol. The van der Waals surface area contributed by atoms with E-state index >= 15 is 0 Å². The van der Waals surface area contributed by atoms with E-state index in [1.54, 1.807) is 0 Å². The maximum Gasteiger partial charge on any atom is 0.164 e. The number of nitrogens with zero attached hydrogens (tertiary/aromatic N) is 5. The van der Waals surface area contributed by atoms with Gasteiger partial charge in [0.2, 0.25) is 0 Å². The molecule has 3 heterocycles. The van der Waals surface area contributed by atoms with Crippen LogP contribution in [0.4, 0.5) is 0 Å². The van der Waals surface area contributed by atoms with E-state index in [4.69, 9.17) is 15.0 Å². The first kappa shape index (κ1) is 31.9. The lowest BCUT2D eigenvalue weighted by atomic mass is 10.0. The fraction of sp³-hybridized carbons (Fsp3) is 0. The summed E-state index contributed by atoms with van der Waals surface area (Å²) >= 11 is 0. The lowest BCUT2D eigenvalue weighted by molar-refractivity contribution is 1.08. The van der Waals surface area contributed by atoms with E-state index < -0.39 is 0 Å². The molecule has 0 saturated heterocycles. The second-order valence-corrected chi connectivity index (χ2v) is 14.0. The van der Waals surface area contributed by atoms with Crippen LogP contribution in [0.1, 0.15) is 0 Å². The van der Waals surface area contributed by atoms with E-state index in [-0.39, 0.29) is 0 Å². The van der Waals surface area contributed by atoms with Gasteiger partial charge in [-0.3, -0.25) is 0 Å². The highest BCUT2D eigenvalue weighted by Crippen LogP contribution is 2.42. The molecule has 0 spiro atoms. The molecule has 0 N–H and O–H groups in total. The second kappa shape index (κ2) is 13.0. The van der Waals surface area contributed by atoms with E-state index in [0.717, 1.165) is 55.4 Å². The third-order valence-electron chi connectivity index (χ3n) is 10.8. The summed E-state index contributed by atoms with van der Waals surface area (Å²) in [5.41, 5.74) is 11.8. The SMILES string of the molecule is c1ccc(-c2ccc(-c3nc(-c4ccccc4)nc(-c4cccc5c4c4cccc(-n6c7ccccc7c7ccccc76)c4n5-c4ccccc4)n3)cc2)cc1. The van der Waals surface area contributed by atoms with Crippen LogP contribution >= 0.6 is 0 Å². The predicted molar refractivity (Wildman–Crippen MR) is 230 cm³/mol. The van der Waals surface area contributed by atoms with Crippen molar-refractivity contribution in [3.8, 4) is 56.7 Å². The largest absolute Gasteiger partial charge is 0.307 e. The van der Waals surface area contributed by atoms with Crippen LogP contribution in [-0.4, -0.2) is 24.1 Å². The van der Waals surface area contributed by atoms with E-state index in [0.29, 0.717) is 17.5 Å². The first-order chi connectivity index (χ1) is 27.8. The summed E-state index contributed by atoms with van der Waals surface area (Å²) in [5, 5.41) is 4.66. The number of aromatic nitrogens is 5. The number of hydrogen-bond donors (Lipinski definition) is 0. The van der Waals surface area contributed by atoms with Crippen molar-refractivity contribution >= 4 is 43.6 Å². The van der Waals surface area contributed by atoms with Gasteiger partial charge in [-0.25, -0.2) is 15.0 Å². The summed E-state index contributed by atoms with van der Waals surface area (Å²) in [4.78, 5) is 15.6. The topological polar surface area (TPSA) is 48.5 Å². The molecular formula is C51H33N5. The zero-order chi connectivity index (χ0) is 37.0. The molecule has 0 unspecified atom stereocenters. The molecule has 0 aliphatic heterocycles. The number of fused-ring (bicyclic) bond motifs is 6. The normalized spacial score (nSPS) is 11.6.